The minimum absolute atomic E-state index is 0.0584. The van der Waals surface area contributed by atoms with Crippen molar-refractivity contribution < 1.29 is 5.11 Å². The Kier molecular flexibility index (Phi) is 2.24. The average Bonchev–Trinajstić information content (AvgIpc) is 2.59. The Bertz CT molecular complexity index is 479. The lowest BCUT2D eigenvalue weighted by Gasteiger charge is -2.00. The fourth-order valence-corrected chi connectivity index (χ4v) is 1.27. The zero-order valence-corrected chi connectivity index (χ0v) is 8.25. The minimum Gasteiger partial charge on any atom is -0.493 e. The van der Waals surface area contributed by atoms with Gasteiger partial charge in [0.2, 0.25) is 5.88 Å². The molecule has 6 heteroatoms. The second-order valence-corrected chi connectivity index (χ2v) is 3.00. The molecule has 2 rings (SSSR count). The number of anilines is 1. The average molecular weight is 205 g/mol. The Morgan fingerprint density at radius 3 is 2.93 bits per heavy atom. The normalized spacial score (nSPS) is 10.5. The summed E-state index contributed by atoms with van der Waals surface area (Å²) in [5.41, 5.74) is 6.02. The maximum Gasteiger partial charge on any atom is 0.220 e. The van der Waals surface area contributed by atoms with Crippen molar-refractivity contribution in [2.24, 2.45) is 0 Å². The first-order chi connectivity index (χ1) is 7.22. The second kappa shape index (κ2) is 3.56. The molecule has 0 aromatic carbocycles. The molecule has 0 fully saturated rings. The number of aryl methyl sites for hydroxylation is 1. The number of hydrogen-bond donors (Lipinski definition) is 2. The van der Waals surface area contributed by atoms with E-state index >= 15 is 0 Å². The van der Waals surface area contributed by atoms with E-state index in [0.29, 0.717) is 23.8 Å². The van der Waals surface area contributed by atoms with Gasteiger partial charge in [-0.1, -0.05) is 0 Å². The minimum atomic E-state index is 0.0584. The predicted octanol–water partition coefficient (Wildman–Crippen LogP) is 0.648. The Balaban J connectivity index is 2.49. The number of aromatic nitrogens is 4. The third-order valence-electron chi connectivity index (χ3n) is 2.03. The molecule has 0 atom stereocenters. The molecule has 0 spiro atoms. The molecule has 78 valence electrons. The SMILES string of the molecule is CCn1ncc(-c2nccc(N)n2)c1O. The maximum absolute atomic E-state index is 9.75. The van der Waals surface area contributed by atoms with Crippen molar-refractivity contribution in [1.29, 1.82) is 0 Å². The molecule has 0 aliphatic heterocycles. The molecule has 0 aliphatic rings. The standard InChI is InChI=1S/C9H11N5O/c1-2-14-9(15)6(5-12-14)8-11-4-3-7(10)13-8/h3-5,15H,2H2,1H3,(H2,10,11,13). The lowest BCUT2D eigenvalue weighted by molar-refractivity contribution is 0.406. The van der Waals surface area contributed by atoms with Crippen LogP contribution in [0.4, 0.5) is 5.82 Å². The number of hydrogen-bond acceptors (Lipinski definition) is 5. The molecule has 0 saturated heterocycles. The number of nitrogen functional groups attached to an aromatic ring is 1. The van der Waals surface area contributed by atoms with Crippen LogP contribution in [0.15, 0.2) is 18.5 Å². The van der Waals surface area contributed by atoms with Gasteiger partial charge in [0, 0.05) is 12.7 Å². The molecule has 2 heterocycles. The van der Waals surface area contributed by atoms with Crippen LogP contribution in [0, 0.1) is 0 Å². The van der Waals surface area contributed by atoms with Crippen molar-refractivity contribution in [3.8, 4) is 17.3 Å². The van der Waals surface area contributed by atoms with Crippen molar-refractivity contribution in [3.05, 3.63) is 18.5 Å². The highest BCUT2D eigenvalue weighted by molar-refractivity contribution is 5.61. The second-order valence-electron chi connectivity index (χ2n) is 3.00. The number of aromatic hydroxyl groups is 1. The highest BCUT2D eigenvalue weighted by Crippen LogP contribution is 2.25. The van der Waals surface area contributed by atoms with Gasteiger partial charge in [0.05, 0.1) is 6.20 Å². The first-order valence-corrected chi connectivity index (χ1v) is 4.56. The molecule has 0 unspecified atom stereocenters. The van der Waals surface area contributed by atoms with Crippen molar-refractivity contribution >= 4 is 5.82 Å². The van der Waals surface area contributed by atoms with Gasteiger partial charge < -0.3 is 10.8 Å². The van der Waals surface area contributed by atoms with E-state index < -0.39 is 0 Å². The van der Waals surface area contributed by atoms with E-state index in [4.69, 9.17) is 5.73 Å². The van der Waals surface area contributed by atoms with Crippen molar-refractivity contribution in [2.75, 3.05) is 5.73 Å². The van der Waals surface area contributed by atoms with Crippen LogP contribution < -0.4 is 5.73 Å². The summed E-state index contributed by atoms with van der Waals surface area (Å²) in [6, 6.07) is 1.59. The molecular weight excluding hydrogens is 194 g/mol. The van der Waals surface area contributed by atoms with Crippen LogP contribution in [0.25, 0.3) is 11.4 Å². The smallest absolute Gasteiger partial charge is 0.220 e. The van der Waals surface area contributed by atoms with Crippen molar-refractivity contribution in [1.82, 2.24) is 19.7 Å². The molecule has 0 aliphatic carbocycles. The van der Waals surface area contributed by atoms with E-state index in [1.807, 2.05) is 6.92 Å². The highest BCUT2D eigenvalue weighted by Gasteiger charge is 2.12. The summed E-state index contributed by atoms with van der Waals surface area (Å²) in [5, 5.41) is 13.7. The van der Waals surface area contributed by atoms with Crippen LogP contribution >= 0.6 is 0 Å². The molecule has 0 saturated carbocycles. The van der Waals surface area contributed by atoms with Crippen LogP contribution in [0.1, 0.15) is 6.92 Å². The van der Waals surface area contributed by atoms with Crippen molar-refractivity contribution in [3.63, 3.8) is 0 Å². The molecule has 0 bridgehead atoms. The van der Waals surface area contributed by atoms with E-state index in [2.05, 4.69) is 15.1 Å². The Labute approximate surface area is 86.4 Å². The zero-order chi connectivity index (χ0) is 10.8. The van der Waals surface area contributed by atoms with E-state index in [1.165, 1.54) is 10.9 Å². The molecule has 15 heavy (non-hydrogen) atoms. The van der Waals surface area contributed by atoms with Crippen LogP contribution in [0.2, 0.25) is 0 Å². The molecule has 3 N–H and O–H groups in total. The Morgan fingerprint density at radius 2 is 2.33 bits per heavy atom. The third kappa shape index (κ3) is 1.61. The summed E-state index contributed by atoms with van der Waals surface area (Å²) in [6.07, 6.45) is 3.06. The fourth-order valence-electron chi connectivity index (χ4n) is 1.27. The van der Waals surface area contributed by atoms with E-state index in [-0.39, 0.29) is 5.88 Å². The van der Waals surface area contributed by atoms with Crippen LogP contribution in [-0.4, -0.2) is 24.9 Å². The van der Waals surface area contributed by atoms with E-state index in [0.717, 1.165) is 0 Å². The quantitative estimate of drug-likeness (QED) is 0.751. The van der Waals surface area contributed by atoms with Gasteiger partial charge in [0.15, 0.2) is 5.82 Å². The lowest BCUT2D eigenvalue weighted by atomic mass is 10.3. The molecule has 6 nitrogen and oxygen atoms in total. The molecule has 2 aromatic heterocycles. The van der Waals surface area contributed by atoms with Gasteiger partial charge in [-0.25, -0.2) is 14.6 Å². The summed E-state index contributed by atoms with van der Waals surface area (Å²) >= 11 is 0. The summed E-state index contributed by atoms with van der Waals surface area (Å²) in [6.45, 7) is 2.48. The summed E-state index contributed by atoms with van der Waals surface area (Å²) < 4.78 is 1.46. The van der Waals surface area contributed by atoms with Crippen molar-refractivity contribution in [2.45, 2.75) is 13.5 Å². The summed E-state index contributed by atoms with van der Waals surface area (Å²) in [4.78, 5) is 8.02. The fraction of sp³-hybridized carbons (Fsp3) is 0.222. The van der Waals surface area contributed by atoms with Gasteiger partial charge >= 0.3 is 0 Å². The highest BCUT2D eigenvalue weighted by atomic mass is 16.3. The first kappa shape index (κ1) is 9.45. The molecular formula is C9H11N5O. The number of nitrogens with two attached hydrogens (primary N) is 1. The van der Waals surface area contributed by atoms with Crippen LogP contribution in [-0.2, 0) is 6.54 Å². The molecule has 2 aromatic rings. The van der Waals surface area contributed by atoms with Crippen LogP contribution in [0.5, 0.6) is 5.88 Å². The van der Waals surface area contributed by atoms with Gasteiger partial charge in [0.1, 0.15) is 11.4 Å². The number of rotatable bonds is 2. The van der Waals surface area contributed by atoms with Crippen LogP contribution in [0.3, 0.4) is 0 Å². The zero-order valence-electron chi connectivity index (χ0n) is 8.25. The number of nitrogens with zero attached hydrogens (tertiary/aromatic N) is 4. The van der Waals surface area contributed by atoms with Gasteiger partial charge in [-0.3, -0.25) is 0 Å². The third-order valence-corrected chi connectivity index (χ3v) is 2.03. The van der Waals surface area contributed by atoms with Gasteiger partial charge in [-0.2, -0.15) is 5.10 Å². The summed E-state index contributed by atoms with van der Waals surface area (Å²) in [5.74, 6) is 0.805. The summed E-state index contributed by atoms with van der Waals surface area (Å²) in [7, 11) is 0. The van der Waals surface area contributed by atoms with E-state index in [1.54, 1.807) is 12.3 Å². The maximum atomic E-state index is 9.75. The molecule has 0 radical (unpaired) electrons. The van der Waals surface area contributed by atoms with Gasteiger partial charge in [-0.15, -0.1) is 0 Å². The monoisotopic (exact) mass is 205 g/mol. The lowest BCUT2D eigenvalue weighted by Crippen LogP contribution is -1.96. The van der Waals surface area contributed by atoms with Gasteiger partial charge in [0.25, 0.3) is 0 Å². The first-order valence-electron chi connectivity index (χ1n) is 4.56. The topological polar surface area (TPSA) is 89.9 Å². The molecule has 0 amide bonds. The largest absolute Gasteiger partial charge is 0.493 e. The van der Waals surface area contributed by atoms with Gasteiger partial charge in [-0.05, 0) is 13.0 Å². The predicted molar refractivity (Wildman–Crippen MR) is 55.0 cm³/mol. The Morgan fingerprint density at radius 1 is 1.53 bits per heavy atom. The van der Waals surface area contributed by atoms with E-state index in [9.17, 15) is 5.11 Å². The Hall–Kier alpha value is -2.11.